The zero-order valence-corrected chi connectivity index (χ0v) is 12.5. The lowest BCUT2D eigenvalue weighted by atomic mass is 9.94. The van der Waals surface area contributed by atoms with Crippen LogP contribution in [0.3, 0.4) is 0 Å². The van der Waals surface area contributed by atoms with Crippen LogP contribution in [0.25, 0.3) is 10.9 Å². The van der Waals surface area contributed by atoms with Gasteiger partial charge in [0.2, 0.25) is 5.78 Å². The topological polar surface area (TPSA) is 59.2 Å². The Hall–Kier alpha value is -2.36. The first-order valence-electron chi connectivity index (χ1n) is 7.62. The lowest BCUT2D eigenvalue weighted by molar-refractivity contribution is -0.151. The fourth-order valence-electron chi connectivity index (χ4n) is 2.83. The van der Waals surface area contributed by atoms with E-state index in [0.29, 0.717) is 12.0 Å². The molecule has 22 heavy (non-hydrogen) atoms. The summed E-state index contributed by atoms with van der Waals surface area (Å²) in [5, 5.41) is 0.857. The number of ketones is 1. The predicted molar refractivity (Wildman–Crippen MR) is 84.7 cm³/mol. The lowest BCUT2D eigenvalue weighted by Gasteiger charge is -2.19. The number of fused-ring (bicyclic) bond motifs is 1. The highest BCUT2D eigenvalue weighted by Crippen LogP contribution is 2.23. The van der Waals surface area contributed by atoms with E-state index in [-0.39, 0.29) is 17.7 Å². The van der Waals surface area contributed by atoms with Crippen molar-refractivity contribution in [1.82, 2.24) is 4.98 Å². The van der Waals surface area contributed by atoms with Gasteiger partial charge in [0.05, 0.1) is 5.92 Å². The number of allylic oxidation sites excluding steroid dienone is 2. The van der Waals surface area contributed by atoms with Crippen molar-refractivity contribution in [2.24, 2.45) is 5.92 Å². The molecule has 114 valence electrons. The van der Waals surface area contributed by atoms with Crippen molar-refractivity contribution < 1.29 is 14.3 Å². The average molecular weight is 297 g/mol. The van der Waals surface area contributed by atoms with Crippen molar-refractivity contribution in [3.05, 3.63) is 48.2 Å². The number of aromatic amines is 1. The molecule has 0 fully saturated rings. The zero-order chi connectivity index (χ0) is 15.5. The lowest BCUT2D eigenvalue weighted by Crippen LogP contribution is -2.28. The monoisotopic (exact) mass is 297 g/mol. The fourth-order valence-corrected chi connectivity index (χ4v) is 2.83. The highest BCUT2D eigenvalue weighted by Gasteiger charge is 2.26. The summed E-state index contributed by atoms with van der Waals surface area (Å²) < 4.78 is 5.39. The molecule has 0 radical (unpaired) electrons. The number of rotatable bonds is 4. The van der Waals surface area contributed by atoms with Gasteiger partial charge < -0.3 is 9.72 Å². The van der Waals surface area contributed by atoms with E-state index in [9.17, 15) is 9.59 Å². The molecule has 1 N–H and O–H groups in total. The summed E-state index contributed by atoms with van der Waals surface area (Å²) in [6.07, 6.45) is 7.38. The molecule has 0 amide bonds. The molecule has 0 saturated carbocycles. The molecule has 4 nitrogen and oxygen atoms in total. The van der Waals surface area contributed by atoms with E-state index in [2.05, 4.69) is 11.1 Å². The second kappa shape index (κ2) is 6.18. The van der Waals surface area contributed by atoms with E-state index in [1.54, 1.807) is 13.1 Å². The van der Waals surface area contributed by atoms with Gasteiger partial charge in [-0.2, -0.15) is 0 Å². The first-order valence-corrected chi connectivity index (χ1v) is 7.62. The van der Waals surface area contributed by atoms with Crippen molar-refractivity contribution in [1.29, 1.82) is 0 Å². The predicted octanol–water partition coefficient (Wildman–Crippen LogP) is 3.64. The van der Waals surface area contributed by atoms with Crippen molar-refractivity contribution in [3.63, 3.8) is 0 Å². The number of H-pyrrole nitrogens is 1. The van der Waals surface area contributed by atoms with Gasteiger partial charge in [-0.3, -0.25) is 9.59 Å². The van der Waals surface area contributed by atoms with Crippen LogP contribution >= 0.6 is 0 Å². The van der Waals surface area contributed by atoms with Crippen LogP contribution in [0, 0.1) is 5.92 Å². The number of benzene rings is 1. The molecule has 1 aromatic heterocycles. The van der Waals surface area contributed by atoms with Gasteiger partial charge in [-0.15, -0.1) is 0 Å². The zero-order valence-electron chi connectivity index (χ0n) is 12.5. The Labute approximate surface area is 129 Å². The minimum Gasteiger partial charge on any atom is -0.454 e. The summed E-state index contributed by atoms with van der Waals surface area (Å²) in [5.41, 5.74) is 1.47. The number of carbonyl (C=O) groups is 2. The maximum absolute atomic E-state index is 12.5. The van der Waals surface area contributed by atoms with Crippen LogP contribution in [0.1, 0.15) is 36.5 Å². The fraction of sp³-hybridized carbons (Fsp3) is 0.333. The number of hydrogen-bond donors (Lipinski definition) is 1. The SMILES string of the molecule is C[C@H](OC(=O)[C@H]1CC=CCC1)C(=O)c1c[nH]c2ccccc12. The van der Waals surface area contributed by atoms with E-state index in [1.807, 2.05) is 30.3 Å². The van der Waals surface area contributed by atoms with Gasteiger partial charge in [-0.25, -0.2) is 0 Å². The Balaban J connectivity index is 1.71. The molecule has 0 aliphatic heterocycles. The number of para-hydroxylation sites is 1. The molecule has 1 aromatic carbocycles. The van der Waals surface area contributed by atoms with Crippen LogP contribution in [0.4, 0.5) is 0 Å². The number of hydrogen-bond acceptors (Lipinski definition) is 3. The third-order valence-corrected chi connectivity index (χ3v) is 4.12. The van der Waals surface area contributed by atoms with Crippen LogP contribution < -0.4 is 0 Å². The van der Waals surface area contributed by atoms with E-state index < -0.39 is 6.10 Å². The summed E-state index contributed by atoms with van der Waals surface area (Å²) in [4.78, 5) is 27.7. The van der Waals surface area contributed by atoms with Crippen molar-refractivity contribution in [2.75, 3.05) is 0 Å². The third kappa shape index (κ3) is 2.82. The van der Waals surface area contributed by atoms with Crippen LogP contribution in [0.5, 0.6) is 0 Å². The van der Waals surface area contributed by atoms with Gasteiger partial charge in [0.1, 0.15) is 0 Å². The van der Waals surface area contributed by atoms with Crippen molar-refractivity contribution >= 4 is 22.7 Å². The second-order valence-corrected chi connectivity index (χ2v) is 5.67. The van der Waals surface area contributed by atoms with Gasteiger partial charge in [0.15, 0.2) is 6.10 Å². The highest BCUT2D eigenvalue weighted by atomic mass is 16.5. The van der Waals surface area contributed by atoms with Crippen LogP contribution in [-0.2, 0) is 9.53 Å². The van der Waals surface area contributed by atoms with Crippen LogP contribution in [0.2, 0.25) is 0 Å². The van der Waals surface area contributed by atoms with Crippen LogP contribution in [-0.4, -0.2) is 22.8 Å². The molecule has 1 aliphatic carbocycles. The van der Waals surface area contributed by atoms with Gasteiger partial charge in [-0.05, 0) is 32.3 Å². The van der Waals surface area contributed by atoms with Gasteiger partial charge >= 0.3 is 5.97 Å². The summed E-state index contributed by atoms with van der Waals surface area (Å²) in [7, 11) is 0. The summed E-state index contributed by atoms with van der Waals surface area (Å²) in [6, 6.07) is 7.60. The average Bonchev–Trinajstić information content (AvgIpc) is 2.99. The van der Waals surface area contributed by atoms with E-state index >= 15 is 0 Å². The molecule has 1 heterocycles. The Bertz CT molecular complexity index is 729. The minimum absolute atomic E-state index is 0.122. The normalized spacial score (nSPS) is 19.0. The van der Waals surface area contributed by atoms with Gasteiger partial charge in [0, 0.05) is 22.7 Å². The van der Waals surface area contributed by atoms with E-state index in [0.717, 1.165) is 23.7 Å². The van der Waals surface area contributed by atoms with E-state index in [1.165, 1.54) is 0 Å². The summed E-state index contributed by atoms with van der Waals surface area (Å²) >= 11 is 0. The van der Waals surface area contributed by atoms with Gasteiger partial charge in [0.25, 0.3) is 0 Å². The molecule has 0 bridgehead atoms. The number of ether oxygens (including phenoxy) is 1. The first kappa shape index (κ1) is 14.6. The molecule has 0 unspecified atom stereocenters. The van der Waals surface area contributed by atoms with Crippen molar-refractivity contribution in [2.45, 2.75) is 32.3 Å². The van der Waals surface area contributed by atoms with Gasteiger partial charge in [-0.1, -0.05) is 30.4 Å². The van der Waals surface area contributed by atoms with Crippen molar-refractivity contribution in [3.8, 4) is 0 Å². The van der Waals surface area contributed by atoms with E-state index in [4.69, 9.17) is 4.74 Å². The summed E-state index contributed by atoms with van der Waals surface area (Å²) in [5.74, 6) is -0.564. The Morgan fingerprint density at radius 2 is 2.09 bits per heavy atom. The Morgan fingerprint density at radius 3 is 2.86 bits per heavy atom. The molecule has 2 atom stereocenters. The second-order valence-electron chi connectivity index (χ2n) is 5.67. The number of esters is 1. The highest BCUT2D eigenvalue weighted by molar-refractivity contribution is 6.10. The Morgan fingerprint density at radius 1 is 1.27 bits per heavy atom. The molecular weight excluding hydrogens is 278 g/mol. The summed E-state index contributed by atoms with van der Waals surface area (Å²) in [6.45, 7) is 1.64. The standard InChI is InChI=1S/C18H19NO3/c1-12(22-18(21)13-7-3-2-4-8-13)17(20)15-11-19-16-10-6-5-9-14(15)16/h2-3,5-6,9-13,19H,4,7-8H2,1H3/t12-,13-/m0/s1. The molecule has 3 rings (SSSR count). The quantitative estimate of drug-likeness (QED) is 0.532. The smallest absolute Gasteiger partial charge is 0.309 e. The molecule has 0 saturated heterocycles. The Kier molecular flexibility index (Phi) is 4.09. The minimum atomic E-state index is -0.766. The number of nitrogens with one attached hydrogen (secondary N) is 1. The number of carbonyl (C=O) groups excluding carboxylic acids is 2. The molecule has 1 aliphatic rings. The molecule has 2 aromatic rings. The first-order chi connectivity index (χ1) is 10.7. The molecular formula is C18H19NO3. The third-order valence-electron chi connectivity index (χ3n) is 4.12. The maximum Gasteiger partial charge on any atom is 0.309 e. The number of Topliss-reactive ketones (excluding diaryl/α,β-unsaturated/α-hetero) is 1. The largest absolute Gasteiger partial charge is 0.454 e. The molecule has 4 heteroatoms. The van der Waals surface area contributed by atoms with Crippen LogP contribution in [0.15, 0.2) is 42.6 Å². The molecule has 0 spiro atoms. The maximum atomic E-state index is 12.5. The number of aromatic nitrogens is 1.